The van der Waals surface area contributed by atoms with Gasteiger partial charge in [-0.25, -0.2) is 9.78 Å². The molecule has 0 unspecified atom stereocenters. The molecule has 0 aliphatic carbocycles. The number of aryl methyl sites for hydroxylation is 4. The summed E-state index contributed by atoms with van der Waals surface area (Å²) in [5, 5.41) is 10.4. The fourth-order valence-electron chi connectivity index (χ4n) is 7.46. The van der Waals surface area contributed by atoms with Crippen LogP contribution >= 0.6 is 0 Å². The molecule has 0 fully saturated rings. The van der Waals surface area contributed by atoms with Crippen LogP contribution in [0.4, 0.5) is 0 Å². The van der Waals surface area contributed by atoms with Crippen LogP contribution in [0.1, 0.15) is 146 Å². The molecule has 0 radical (unpaired) electrons. The van der Waals surface area contributed by atoms with Gasteiger partial charge >= 0.3 is 5.97 Å². The molecule has 5 rings (SSSR count). The molecule has 2 aliphatic rings. The number of carbonyl (C=O) groups is 2. The van der Waals surface area contributed by atoms with Gasteiger partial charge in [-0.15, -0.1) is 0 Å². The van der Waals surface area contributed by atoms with Gasteiger partial charge in [0, 0.05) is 39.8 Å². The number of H-pyrrole nitrogens is 2. The highest BCUT2D eigenvalue weighted by atomic mass is 16.5. The second-order valence-electron chi connectivity index (χ2n) is 13.3. The number of hydrogen-bond donors (Lipinski definition) is 3. The first-order valence-electron chi connectivity index (χ1n) is 17.3. The van der Waals surface area contributed by atoms with Crippen molar-refractivity contribution in [2.24, 2.45) is 0 Å². The Morgan fingerprint density at radius 3 is 2.32 bits per heavy atom. The molecule has 3 aromatic heterocycles. The SMILES string of the molecule is CCCCCCCCC1=C(C)c2cc3nc(c(C)c4[nH]c(cc5[nH]c(cc1n2)c(C)c5CC)c(C)c4C(=O)O)[C@@H](CCOC=O)[C@@H]3C. The number of nitrogens with one attached hydrogen (secondary N) is 2. The average molecular weight is 639 g/mol. The van der Waals surface area contributed by atoms with Crippen LogP contribution < -0.4 is 0 Å². The molecule has 2 atom stereocenters. The Kier molecular flexibility index (Phi) is 10.7. The summed E-state index contributed by atoms with van der Waals surface area (Å²) in [5.74, 6) is -1.02. The number of carboxylic acids is 1. The first-order chi connectivity index (χ1) is 22.6. The van der Waals surface area contributed by atoms with Crippen molar-refractivity contribution >= 4 is 45.7 Å². The number of ether oxygens (including phenoxy) is 1. The van der Waals surface area contributed by atoms with E-state index >= 15 is 0 Å². The molecule has 8 nitrogen and oxygen atoms in total. The molecule has 5 heterocycles. The minimum atomic E-state index is -0.983. The van der Waals surface area contributed by atoms with E-state index in [1.165, 1.54) is 54.4 Å². The van der Waals surface area contributed by atoms with Crippen LogP contribution in [-0.2, 0) is 16.0 Å². The lowest BCUT2D eigenvalue weighted by atomic mass is 9.87. The van der Waals surface area contributed by atoms with Crippen LogP contribution in [0, 0.1) is 20.8 Å². The maximum Gasteiger partial charge on any atom is 0.338 e. The van der Waals surface area contributed by atoms with Crippen molar-refractivity contribution < 1.29 is 19.4 Å². The lowest BCUT2D eigenvalue weighted by molar-refractivity contribution is -0.128. The van der Waals surface area contributed by atoms with Gasteiger partial charge in [0.05, 0.1) is 29.1 Å². The van der Waals surface area contributed by atoms with Crippen molar-refractivity contribution in [2.75, 3.05) is 6.61 Å². The second kappa shape index (κ2) is 14.7. The Labute approximate surface area is 278 Å². The Morgan fingerprint density at radius 2 is 1.62 bits per heavy atom. The predicted molar refractivity (Wildman–Crippen MR) is 190 cm³/mol. The van der Waals surface area contributed by atoms with E-state index in [0.29, 0.717) is 24.0 Å². The third-order valence-electron chi connectivity index (χ3n) is 10.4. The molecular formula is C39H50N4O4. The zero-order valence-corrected chi connectivity index (χ0v) is 29.1. The molecule has 8 heteroatoms. The van der Waals surface area contributed by atoms with Gasteiger partial charge < -0.3 is 19.8 Å². The number of carbonyl (C=O) groups excluding carboxylic acids is 1. The number of rotatable bonds is 13. The van der Waals surface area contributed by atoms with Crippen LogP contribution in [0.3, 0.4) is 0 Å². The van der Waals surface area contributed by atoms with Crippen molar-refractivity contribution in [3.63, 3.8) is 0 Å². The Morgan fingerprint density at radius 1 is 0.894 bits per heavy atom. The van der Waals surface area contributed by atoms with Crippen LogP contribution in [0.5, 0.6) is 0 Å². The minimum absolute atomic E-state index is 0.0201. The van der Waals surface area contributed by atoms with Gasteiger partial charge in [0.25, 0.3) is 6.47 Å². The van der Waals surface area contributed by atoms with E-state index in [1.807, 2.05) is 19.9 Å². The number of carboxylic acid groups (broad SMARTS) is 1. The molecule has 0 saturated heterocycles. The highest BCUT2D eigenvalue weighted by Crippen LogP contribution is 2.42. The second-order valence-corrected chi connectivity index (χ2v) is 13.3. The number of unbranched alkanes of at least 4 members (excludes halogenated alkanes) is 5. The number of hydrogen-bond acceptors (Lipinski definition) is 5. The number of aromatic amines is 2. The topological polar surface area (TPSA) is 121 Å². The van der Waals surface area contributed by atoms with Crippen molar-refractivity contribution in [3.05, 3.63) is 68.8 Å². The molecular weight excluding hydrogens is 588 g/mol. The van der Waals surface area contributed by atoms with Crippen LogP contribution in [0.15, 0.2) is 18.2 Å². The third kappa shape index (κ3) is 6.78. The summed E-state index contributed by atoms with van der Waals surface area (Å²) in [6.07, 6.45) is 9.80. The molecule has 0 amide bonds. The molecule has 0 saturated carbocycles. The van der Waals surface area contributed by atoms with Crippen LogP contribution in [0.2, 0.25) is 0 Å². The first-order valence-corrected chi connectivity index (χ1v) is 17.3. The Bertz CT molecular complexity index is 1860. The van der Waals surface area contributed by atoms with E-state index in [-0.39, 0.29) is 24.0 Å². The van der Waals surface area contributed by atoms with E-state index in [4.69, 9.17) is 14.7 Å². The van der Waals surface area contributed by atoms with Crippen molar-refractivity contribution in [3.8, 4) is 0 Å². The number of nitrogens with zero attached hydrogens (tertiary/aromatic N) is 2. The quantitative estimate of drug-likeness (QED) is 0.127. The highest BCUT2D eigenvalue weighted by Gasteiger charge is 2.32. The highest BCUT2D eigenvalue weighted by molar-refractivity contribution is 6.02. The van der Waals surface area contributed by atoms with Crippen molar-refractivity contribution in [1.29, 1.82) is 0 Å². The third-order valence-corrected chi connectivity index (χ3v) is 10.4. The summed E-state index contributed by atoms with van der Waals surface area (Å²) in [7, 11) is 0. The molecule has 2 aliphatic heterocycles. The zero-order chi connectivity index (χ0) is 33.8. The number of aromatic nitrogens is 4. The number of fused-ring (bicyclic) bond motifs is 8. The van der Waals surface area contributed by atoms with Gasteiger partial charge in [-0.05, 0) is 105 Å². The van der Waals surface area contributed by atoms with E-state index in [1.54, 1.807) is 0 Å². The lowest BCUT2D eigenvalue weighted by Crippen LogP contribution is -2.08. The van der Waals surface area contributed by atoms with Crippen LogP contribution in [-0.4, -0.2) is 44.1 Å². The van der Waals surface area contributed by atoms with E-state index in [2.05, 4.69) is 56.7 Å². The van der Waals surface area contributed by atoms with Crippen LogP contribution in [0.25, 0.3) is 33.2 Å². The fraction of sp³-hybridized carbons (Fsp3) is 0.487. The minimum Gasteiger partial charge on any atom is -0.478 e. The molecule has 47 heavy (non-hydrogen) atoms. The molecule has 0 spiro atoms. The normalized spacial score (nSPS) is 16.1. The summed E-state index contributed by atoms with van der Waals surface area (Å²) in [6, 6.07) is 6.35. The Balaban J connectivity index is 1.81. The zero-order valence-electron chi connectivity index (χ0n) is 29.1. The van der Waals surface area contributed by atoms with Crippen molar-refractivity contribution in [1.82, 2.24) is 19.9 Å². The lowest BCUT2D eigenvalue weighted by Gasteiger charge is -2.16. The summed E-state index contributed by atoms with van der Waals surface area (Å²) in [4.78, 5) is 41.3. The van der Waals surface area contributed by atoms with E-state index in [9.17, 15) is 14.7 Å². The summed E-state index contributed by atoms with van der Waals surface area (Å²) < 4.78 is 5.13. The largest absolute Gasteiger partial charge is 0.478 e. The smallest absolute Gasteiger partial charge is 0.338 e. The Hall–Kier alpha value is -4.20. The molecule has 3 aromatic rings. The van der Waals surface area contributed by atoms with Crippen molar-refractivity contribution in [2.45, 2.75) is 118 Å². The van der Waals surface area contributed by atoms with Gasteiger partial charge in [-0.3, -0.25) is 9.78 Å². The van der Waals surface area contributed by atoms with Gasteiger partial charge in [0.15, 0.2) is 0 Å². The molecule has 8 bridgehead atoms. The van der Waals surface area contributed by atoms with E-state index < -0.39 is 5.97 Å². The summed E-state index contributed by atoms with van der Waals surface area (Å²) in [5.41, 5.74) is 13.5. The first kappa shape index (κ1) is 34.1. The maximum absolute atomic E-state index is 12.7. The standard InChI is InChI=1S/C39H50N4O4/c1-8-10-11-12-13-14-15-28-23(4)30-18-32-24(5)29(16-17-47-21-44)37(42-32)26(7)38-36(39(45)46)25(6)33(43-38)20-34-27(9-2)22(3)31(40-34)19-35(28)41-30/h18-21,24,29,40,43H,8-17H2,1-7H3,(H,45,46)/t24-,29-/m0/s1. The molecule has 3 N–H and O–H groups in total. The average Bonchev–Trinajstić information content (AvgIpc) is 3.72. The number of aromatic carboxylic acids is 1. The molecule has 0 aromatic carbocycles. The maximum atomic E-state index is 12.7. The number of allylic oxidation sites excluding steroid dienone is 2. The van der Waals surface area contributed by atoms with Gasteiger partial charge in [0.2, 0.25) is 0 Å². The van der Waals surface area contributed by atoms with E-state index in [0.717, 1.165) is 64.2 Å². The summed E-state index contributed by atoms with van der Waals surface area (Å²) >= 11 is 0. The van der Waals surface area contributed by atoms with Gasteiger partial charge in [0.1, 0.15) is 0 Å². The van der Waals surface area contributed by atoms with Gasteiger partial charge in [-0.1, -0.05) is 52.9 Å². The molecule has 250 valence electrons. The summed E-state index contributed by atoms with van der Waals surface area (Å²) in [6.45, 7) is 15.4. The predicted octanol–water partition coefficient (Wildman–Crippen LogP) is 9.63. The fourth-order valence-corrected chi connectivity index (χ4v) is 7.46. The van der Waals surface area contributed by atoms with Gasteiger partial charge in [-0.2, -0.15) is 0 Å². The monoisotopic (exact) mass is 638 g/mol.